The van der Waals surface area contributed by atoms with Gasteiger partial charge < -0.3 is 10.1 Å². The Kier molecular flexibility index (Phi) is 7.61. The van der Waals surface area contributed by atoms with Crippen LogP contribution in [0.25, 0.3) is 0 Å². The molecule has 0 atom stereocenters. The van der Waals surface area contributed by atoms with E-state index in [2.05, 4.69) is 15.7 Å². The molecule has 0 spiro atoms. The van der Waals surface area contributed by atoms with Crippen LogP contribution < -0.4 is 16.6 Å². The number of hydrazine groups is 1. The summed E-state index contributed by atoms with van der Waals surface area (Å²) in [6.07, 6.45) is 0.769. The Balaban J connectivity index is 2.61. The minimum absolute atomic E-state index is 0.0762. The van der Waals surface area contributed by atoms with E-state index in [1.165, 1.54) is 12.1 Å². The van der Waals surface area contributed by atoms with Crippen molar-refractivity contribution in [3.8, 4) is 0 Å². The minimum Gasteiger partial charge on any atom is -0.382 e. The quantitative estimate of drug-likeness (QED) is 0.188. The van der Waals surface area contributed by atoms with Crippen LogP contribution in [0.5, 0.6) is 0 Å². The molecule has 0 aliphatic heterocycles. The molecule has 0 aromatic heterocycles. The number of nitrogens with zero attached hydrogens (tertiary/aromatic N) is 1. The lowest BCUT2D eigenvalue weighted by atomic mass is 10.3. The molecule has 1 aromatic rings. The van der Waals surface area contributed by atoms with Crippen molar-refractivity contribution in [2.24, 2.45) is 10.8 Å². The number of nitrogens with two attached hydrogens (primary N) is 1. The van der Waals surface area contributed by atoms with Crippen LogP contribution in [0.1, 0.15) is 13.3 Å². The second-order valence-electron chi connectivity index (χ2n) is 3.80. The standard InChI is InChI=1S/C12H17Cl2FN4O/c1-2-20-5-3-4-17-12(19-16)18-8-6-9(13)11(15)10(14)7-8/h6-7H,2-5,16H2,1H3,(H2,17,18,19). The summed E-state index contributed by atoms with van der Waals surface area (Å²) in [4.78, 5) is 4.20. The van der Waals surface area contributed by atoms with Crippen molar-refractivity contribution in [3.05, 3.63) is 28.0 Å². The molecule has 0 fully saturated rings. The van der Waals surface area contributed by atoms with Gasteiger partial charge in [-0.15, -0.1) is 0 Å². The first-order valence-electron chi connectivity index (χ1n) is 6.08. The van der Waals surface area contributed by atoms with Crippen molar-refractivity contribution in [2.75, 3.05) is 25.1 Å². The molecule has 0 amide bonds. The molecule has 1 rings (SSSR count). The Morgan fingerprint density at radius 1 is 1.40 bits per heavy atom. The highest BCUT2D eigenvalue weighted by Crippen LogP contribution is 2.27. The molecule has 0 saturated heterocycles. The predicted octanol–water partition coefficient (Wildman–Crippen LogP) is 2.79. The van der Waals surface area contributed by atoms with Gasteiger partial charge in [0.25, 0.3) is 0 Å². The lowest BCUT2D eigenvalue weighted by molar-refractivity contribution is 0.146. The zero-order chi connectivity index (χ0) is 15.0. The van der Waals surface area contributed by atoms with E-state index in [9.17, 15) is 4.39 Å². The molecule has 0 saturated carbocycles. The molecular formula is C12H17Cl2FN4O. The highest BCUT2D eigenvalue weighted by molar-refractivity contribution is 6.35. The maximum absolute atomic E-state index is 13.3. The number of nitrogens with one attached hydrogen (secondary N) is 2. The number of hydrogen-bond acceptors (Lipinski definition) is 3. The molecule has 1 aromatic carbocycles. The topological polar surface area (TPSA) is 71.7 Å². The molecule has 8 heteroatoms. The Bertz CT molecular complexity index is 448. The molecule has 4 N–H and O–H groups in total. The first-order chi connectivity index (χ1) is 9.58. The zero-order valence-electron chi connectivity index (χ0n) is 11.0. The lowest BCUT2D eigenvalue weighted by Crippen LogP contribution is -2.36. The van der Waals surface area contributed by atoms with Gasteiger partial charge in [-0.25, -0.2) is 10.2 Å². The van der Waals surface area contributed by atoms with Crippen molar-refractivity contribution >= 4 is 34.8 Å². The monoisotopic (exact) mass is 322 g/mol. The number of ether oxygens (including phenoxy) is 1. The van der Waals surface area contributed by atoms with E-state index >= 15 is 0 Å². The van der Waals surface area contributed by atoms with Gasteiger partial charge in [-0.3, -0.25) is 10.4 Å². The SMILES string of the molecule is CCOCCCN=C(NN)Nc1cc(Cl)c(F)c(Cl)c1. The maximum atomic E-state index is 13.3. The fourth-order valence-electron chi connectivity index (χ4n) is 1.39. The molecule has 0 unspecified atom stereocenters. The Hall–Kier alpha value is -1.08. The fourth-order valence-corrected chi connectivity index (χ4v) is 1.87. The minimum atomic E-state index is -0.658. The Morgan fingerprint density at radius 2 is 2.05 bits per heavy atom. The summed E-state index contributed by atoms with van der Waals surface area (Å²) < 4.78 is 18.5. The van der Waals surface area contributed by atoms with Crippen LogP contribution in [0.4, 0.5) is 10.1 Å². The zero-order valence-corrected chi connectivity index (χ0v) is 12.6. The van der Waals surface area contributed by atoms with Crippen molar-refractivity contribution < 1.29 is 9.13 Å². The average molecular weight is 323 g/mol. The normalized spacial score (nSPS) is 11.6. The van der Waals surface area contributed by atoms with Crippen molar-refractivity contribution in [3.63, 3.8) is 0 Å². The van der Waals surface area contributed by atoms with Crippen LogP contribution in [0.3, 0.4) is 0 Å². The summed E-state index contributed by atoms with van der Waals surface area (Å²) in [5.74, 6) is 5.03. The molecule has 0 aliphatic rings. The van der Waals surface area contributed by atoms with Gasteiger partial charge in [0.05, 0.1) is 10.0 Å². The largest absolute Gasteiger partial charge is 0.382 e. The second-order valence-corrected chi connectivity index (χ2v) is 4.62. The van der Waals surface area contributed by atoms with E-state index in [0.717, 1.165) is 6.42 Å². The van der Waals surface area contributed by atoms with Crippen LogP contribution in [-0.4, -0.2) is 25.7 Å². The molecule has 0 radical (unpaired) electrons. The van der Waals surface area contributed by atoms with Gasteiger partial charge in [0.1, 0.15) is 0 Å². The van der Waals surface area contributed by atoms with Gasteiger partial charge in [-0.2, -0.15) is 0 Å². The number of rotatable bonds is 6. The van der Waals surface area contributed by atoms with Crippen molar-refractivity contribution in [1.82, 2.24) is 5.43 Å². The molecule has 0 bridgehead atoms. The third kappa shape index (κ3) is 5.50. The Morgan fingerprint density at radius 3 is 2.60 bits per heavy atom. The van der Waals surface area contributed by atoms with E-state index in [0.29, 0.717) is 31.4 Å². The molecule has 0 aliphatic carbocycles. The average Bonchev–Trinajstić information content (AvgIpc) is 2.43. The number of guanidine groups is 1. The van der Waals surface area contributed by atoms with Gasteiger partial charge in [-0.1, -0.05) is 23.2 Å². The molecule has 5 nitrogen and oxygen atoms in total. The smallest absolute Gasteiger partial charge is 0.210 e. The van der Waals surface area contributed by atoms with E-state index in [1.54, 1.807) is 0 Å². The lowest BCUT2D eigenvalue weighted by Gasteiger charge is -2.10. The van der Waals surface area contributed by atoms with Crippen molar-refractivity contribution in [1.29, 1.82) is 0 Å². The summed E-state index contributed by atoms with van der Waals surface area (Å²) in [6, 6.07) is 2.80. The van der Waals surface area contributed by atoms with Crippen molar-refractivity contribution in [2.45, 2.75) is 13.3 Å². The molecule has 0 heterocycles. The maximum Gasteiger partial charge on any atom is 0.210 e. The molecule has 112 valence electrons. The third-order valence-electron chi connectivity index (χ3n) is 2.30. The van der Waals surface area contributed by atoms with E-state index in [-0.39, 0.29) is 10.0 Å². The number of halogens is 3. The summed E-state index contributed by atoms with van der Waals surface area (Å²) in [5.41, 5.74) is 2.90. The number of hydrogen-bond donors (Lipinski definition) is 3. The predicted molar refractivity (Wildman–Crippen MR) is 80.8 cm³/mol. The third-order valence-corrected chi connectivity index (χ3v) is 2.85. The summed E-state index contributed by atoms with van der Waals surface area (Å²) in [5, 5.41) is 2.71. The van der Waals surface area contributed by atoms with Crippen LogP contribution in [0.15, 0.2) is 17.1 Å². The fraction of sp³-hybridized carbons (Fsp3) is 0.417. The molecule has 20 heavy (non-hydrogen) atoms. The highest BCUT2D eigenvalue weighted by Gasteiger charge is 2.08. The van der Waals surface area contributed by atoms with Crippen LogP contribution in [0, 0.1) is 5.82 Å². The number of anilines is 1. The van der Waals surface area contributed by atoms with Gasteiger partial charge in [-0.05, 0) is 25.5 Å². The summed E-state index contributed by atoms with van der Waals surface area (Å²) >= 11 is 11.4. The first-order valence-corrected chi connectivity index (χ1v) is 6.84. The second kappa shape index (κ2) is 8.97. The van der Waals surface area contributed by atoms with E-state index in [1.807, 2.05) is 6.92 Å². The van der Waals surface area contributed by atoms with Gasteiger partial charge in [0.2, 0.25) is 5.96 Å². The van der Waals surface area contributed by atoms with E-state index < -0.39 is 5.82 Å². The van der Waals surface area contributed by atoms with Crippen LogP contribution >= 0.6 is 23.2 Å². The van der Waals surface area contributed by atoms with Gasteiger partial charge >= 0.3 is 0 Å². The summed E-state index contributed by atoms with van der Waals surface area (Å²) in [7, 11) is 0. The van der Waals surface area contributed by atoms with Crippen LogP contribution in [0.2, 0.25) is 10.0 Å². The summed E-state index contributed by atoms with van der Waals surface area (Å²) in [6.45, 7) is 3.78. The highest BCUT2D eigenvalue weighted by atomic mass is 35.5. The van der Waals surface area contributed by atoms with E-state index in [4.69, 9.17) is 33.8 Å². The molecular weight excluding hydrogens is 306 g/mol. The van der Waals surface area contributed by atoms with Crippen LogP contribution in [-0.2, 0) is 4.74 Å². The Labute approximate surface area is 127 Å². The number of benzene rings is 1. The van der Waals surface area contributed by atoms with Gasteiger partial charge in [0.15, 0.2) is 5.82 Å². The first kappa shape index (κ1) is 17.0. The number of aliphatic imine (C=N–C) groups is 1. The van der Waals surface area contributed by atoms with Gasteiger partial charge in [0, 0.05) is 25.4 Å².